The Morgan fingerprint density at radius 3 is 1.88 bits per heavy atom. The van der Waals surface area contributed by atoms with Crippen LogP contribution in [0.4, 0.5) is 5.69 Å². The third-order valence-corrected chi connectivity index (χ3v) is 6.22. The smallest absolute Gasteiger partial charge is 0.251 e. The molecular weight excluding hydrogens is 428 g/mol. The quantitative estimate of drug-likeness (QED) is 0.587. The predicted molar refractivity (Wildman–Crippen MR) is 121 cm³/mol. The highest BCUT2D eigenvalue weighted by Gasteiger charge is 2.44. The highest BCUT2D eigenvalue weighted by atomic mass is 16.5. The van der Waals surface area contributed by atoms with Crippen molar-refractivity contribution in [3.05, 3.63) is 35.4 Å². The zero-order chi connectivity index (χ0) is 23.7. The number of nitrogens with zero attached hydrogens (tertiary/aromatic N) is 2. The third kappa shape index (κ3) is 3.93. The molecule has 1 fully saturated rings. The maximum absolute atomic E-state index is 13.4. The van der Waals surface area contributed by atoms with Gasteiger partial charge in [-0.25, -0.2) is 4.90 Å². The van der Waals surface area contributed by atoms with Crippen molar-refractivity contribution in [1.82, 2.24) is 4.90 Å². The average molecular weight is 456 g/mol. The van der Waals surface area contributed by atoms with Crippen LogP contribution >= 0.6 is 0 Å². The number of benzene rings is 2. The molecule has 2 heterocycles. The second-order valence-corrected chi connectivity index (χ2v) is 7.87. The standard InChI is InChI=1S/C24H28N2O7/c1-29-18-8-14-6-7-25(13-15(14)9-19(18)30-2)17-12-22(27)26(24(17)28)16-10-20(31-3)23(33-5)21(11-16)32-4/h8-11,17H,6-7,12-13H2,1-5H3. The van der Waals surface area contributed by atoms with Gasteiger partial charge in [0.05, 0.1) is 53.7 Å². The maximum Gasteiger partial charge on any atom is 0.251 e. The molecule has 9 heteroatoms. The summed E-state index contributed by atoms with van der Waals surface area (Å²) in [6.45, 7) is 1.21. The molecule has 0 saturated carbocycles. The summed E-state index contributed by atoms with van der Waals surface area (Å²) in [5.41, 5.74) is 2.61. The van der Waals surface area contributed by atoms with Crippen molar-refractivity contribution in [2.75, 3.05) is 47.0 Å². The van der Waals surface area contributed by atoms with Gasteiger partial charge < -0.3 is 23.7 Å². The van der Waals surface area contributed by atoms with E-state index in [-0.39, 0.29) is 18.2 Å². The van der Waals surface area contributed by atoms with E-state index < -0.39 is 6.04 Å². The fourth-order valence-corrected chi connectivity index (χ4v) is 4.54. The molecule has 2 aliphatic heterocycles. The Morgan fingerprint density at radius 1 is 0.758 bits per heavy atom. The molecule has 1 saturated heterocycles. The van der Waals surface area contributed by atoms with E-state index >= 15 is 0 Å². The van der Waals surface area contributed by atoms with Gasteiger partial charge in [0.1, 0.15) is 0 Å². The number of methoxy groups -OCH3 is 5. The minimum absolute atomic E-state index is 0.109. The van der Waals surface area contributed by atoms with Crippen molar-refractivity contribution < 1.29 is 33.3 Å². The monoisotopic (exact) mass is 456 g/mol. The topological polar surface area (TPSA) is 86.8 Å². The predicted octanol–water partition coefficient (Wildman–Crippen LogP) is 2.42. The van der Waals surface area contributed by atoms with Crippen LogP contribution in [-0.2, 0) is 22.6 Å². The van der Waals surface area contributed by atoms with Crippen molar-refractivity contribution >= 4 is 17.5 Å². The largest absolute Gasteiger partial charge is 0.493 e. The molecule has 176 valence electrons. The Bertz CT molecular complexity index is 1060. The van der Waals surface area contributed by atoms with Gasteiger partial charge >= 0.3 is 0 Å². The Hall–Kier alpha value is -3.46. The van der Waals surface area contributed by atoms with E-state index in [1.807, 2.05) is 17.0 Å². The van der Waals surface area contributed by atoms with E-state index in [0.717, 1.165) is 17.5 Å². The van der Waals surface area contributed by atoms with Crippen molar-refractivity contribution in [3.63, 3.8) is 0 Å². The Labute approximate surface area is 192 Å². The van der Waals surface area contributed by atoms with Gasteiger partial charge in [0, 0.05) is 25.2 Å². The summed E-state index contributed by atoms with van der Waals surface area (Å²) in [5.74, 6) is 1.95. The average Bonchev–Trinajstić information content (AvgIpc) is 3.15. The summed E-state index contributed by atoms with van der Waals surface area (Å²) in [5, 5.41) is 0. The van der Waals surface area contributed by atoms with Crippen LogP contribution in [0, 0.1) is 0 Å². The third-order valence-electron chi connectivity index (χ3n) is 6.22. The molecule has 2 aliphatic rings. The van der Waals surface area contributed by atoms with Crippen molar-refractivity contribution in [3.8, 4) is 28.7 Å². The van der Waals surface area contributed by atoms with Crippen LogP contribution in [0.25, 0.3) is 0 Å². The first-order chi connectivity index (χ1) is 15.9. The van der Waals surface area contributed by atoms with Crippen LogP contribution in [-0.4, -0.2) is 64.8 Å². The van der Waals surface area contributed by atoms with Gasteiger partial charge in [-0.15, -0.1) is 0 Å². The molecule has 0 spiro atoms. The number of carbonyl (C=O) groups is 2. The molecule has 0 radical (unpaired) electrons. The molecule has 1 atom stereocenters. The SMILES string of the molecule is COc1cc2c(cc1OC)CN(C1CC(=O)N(c3cc(OC)c(OC)c(OC)c3)C1=O)CC2. The Balaban J connectivity index is 1.61. The van der Waals surface area contributed by atoms with E-state index in [2.05, 4.69) is 0 Å². The molecular formula is C24H28N2O7. The van der Waals surface area contributed by atoms with Crippen LogP contribution < -0.4 is 28.6 Å². The van der Waals surface area contributed by atoms with Crippen LogP contribution in [0.3, 0.4) is 0 Å². The molecule has 1 unspecified atom stereocenters. The summed E-state index contributed by atoms with van der Waals surface area (Å²) in [7, 11) is 7.69. The fourth-order valence-electron chi connectivity index (χ4n) is 4.54. The molecule has 0 bridgehead atoms. The zero-order valence-corrected chi connectivity index (χ0v) is 19.5. The number of carbonyl (C=O) groups excluding carboxylic acids is 2. The normalized spacial score (nSPS) is 18.2. The first-order valence-corrected chi connectivity index (χ1v) is 10.6. The molecule has 2 aromatic rings. The van der Waals surface area contributed by atoms with E-state index in [9.17, 15) is 9.59 Å². The van der Waals surface area contributed by atoms with Gasteiger partial charge in [0.2, 0.25) is 11.7 Å². The van der Waals surface area contributed by atoms with Crippen molar-refractivity contribution in [1.29, 1.82) is 0 Å². The molecule has 0 aliphatic carbocycles. The number of imide groups is 1. The summed E-state index contributed by atoms with van der Waals surface area (Å²) in [4.78, 5) is 29.6. The minimum Gasteiger partial charge on any atom is -0.493 e. The molecule has 2 aromatic carbocycles. The number of rotatable bonds is 7. The van der Waals surface area contributed by atoms with Gasteiger partial charge in [0.15, 0.2) is 23.0 Å². The van der Waals surface area contributed by atoms with Crippen LogP contribution in [0.5, 0.6) is 28.7 Å². The van der Waals surface area contributed by atoms with Gasteiger partial charge in [-0.1, -0.05) is 0 Å². The number of anilines is 1. The molecule has 0 aromatic heterocycles. The molecule has 2 amide bonds. The van der Waals surface area contributed by atoms with Gasteiger partial charge in [-0.3, -0.25) is 14.5 Å². The molecule has 9 nitrogen and oxygen atoms in total. The van der Waals surface area contributed by atoms with Crippen LogP contribution in [0.15, 0.2) is 24.3 Å². The fraction of sp³-hybridized carbons (Fsp3) is 0.417. The lowest BCUT2D eigenvalue weighted by atomic mass is 9.97. The first kappa shape index (κ1) is 22.7. The summed E-state index contributed by atoms with van der Waals surface area (Å²) < 4.78 is 27.0. The second-order valence-electron chi connectivity index (χ2n) is 7.87. The second kappa shape index (κ2) is 9.19. The van der Waals surface area contributed by atoms with Gasteiger partial charge in [0.25, 0.3) is 5.91 Å². The van der Waals surface area contributed by atoms with Crippen molar-refractivity contribution in [2.45, 2.75) is 25.4 Å². The number of hydrogen-bond acceptors (Lipinski definition) is 8. The van der Waals surface area contributed by atoms with Gasteiger partial charge in [-0.05, 0) is 29.7 Å². The Kier molecular flexibility index (Phi) is 6.33. The molecule has 0 N–H and O–H groups in total. The van der Waals surface area contributed by atoms with Crippen molar-refractivity contribution in [2.24, 2.45) is 0 Å². The highest BCUT2D eigenvalue weighted by Crippen LogP contribution is 2.42. The lowest BCUT2D eigenvalue weighted by Gasteiger charge is -2.32. The molecule has 33 heavy (non-hydrogen) atoms. The minimum atomic E-state index is -0.544. The molecule has 4 rings (SSSR count). The number of amides is 2. The first-order valence-electron chi connectivity index (χ1n) is 10.6. The van der Waals surface area contributed by atoms with Crippen LogP contribution in [0.2, 0.25) is 0 Å². The number of ether oxygens (including phenoxy) is 5. The maximum atomic E-state index is 13.4. The lowest BCUT2D eigenvalue weighted by molar-refractivity contribution is -0.123. The van der Waals surface area contributed by atoms with E-state index in [0.29, 0.717) is 47.5 Å². The zero-order valence-electron chi connectivity index (χ0n) is 19.5. The van der Waals surface area contributed by atoms with Crippen LogP contribution in [0.1, 0.15) is 17.5 Å². The van der Waals surface area contributed by atoms with E-state index in [1.165, 1.54) is 26.2 Å². The van der Waals surface area contributed by atoms with E-state index in [4.69, 9.17) is 23.7 Å². The summed E-state index contributed by atoms with van der Waals surface area (Å²) >= 11 is 0. The number of fused-ring (bicyclic) bond motifs is 1. The van der Waals surface area contributed by atoms with E-state index in [1.54, 1.807) is 26.4 Å². The highest BCUT2D eigenvalue weighted by molar-refractivity contribution is 6.22. The number of hydrogen-bond donors (Lipinski definition) is 0. The Morgan fingerprint density at radius 2 is 1.33 bits per heavy atom. The lowest BCUT2D eigenvalue weighted by Crippen LogP contribution is -2.44. The van der Waals surface area contributed by atoms with Gasteiger partial charge in [-0.2, -0.15) is 0 Å². The summed E-state index contributed by atoms with van der Waals surface area (Å²) in [6.07, 6.45) is 0.857. The summed E-state index contributed by atoms with van der Waals surface area (Å²) in [6, 6.07) is 6.61.